The number of rotatable bonds is 2. The molecule has 3 aromatic rings. The van der Waals surface area contributed by atoms with Crippen molar-refractivity contribution in [1.82, 2.24) is 24.4 Å². The number of amides is 1. The minimum atomic E-state index is -0.311. The van der Waals surface area contributed by atoms with Gasteiger partial charge in [0, 0.05) is 36.3 Å². The van der Waals surface area contributed by atoms with E-state index in [0.717, 1.165) is 17.7 Å². The normalized spacial score (nSPS) is 15.8. The molecular weight excluding hydrogens is 342 g/mol. The monoisotopic (exact) mass is 359 g/mol. The molecule has 0 bridgehead atoms. The number of likely N-dealkylation sites (tertiary alicyclic amines) is 1. The predicted octanol–water partition coefficient (Wildman–Crippen LogP) is 1.78. The van der Waals surface area contributed by atoms with Crippen LogP contribution in [-0.2, 0) is 0 Å². The maximum atomic E-state index is 12.7. The van der Waals surface area contributed by atoms with Gasteiger partial charge >= 0.3 is 0 Å². The molecule has 130 valence electrons. The Hall–Kier alpha value is -2.55. The van der Waals surface area contributed by atoms with E-state index in [-0.39, 0.29) is 22.9 Å². The maximum Gasteiger partial charge on any atom is 0.271 e. The fourth-order valence-corrected chi connectivity index (χ4v) is 3.91. The Bertz CT molecular complexity index is 997. The van der Waals surface area contributed by atoms with Crippen molar-refractivity contribution in [3.05, 3.63) is 44.9 Å². The lowest BCUT2D eigenvalue weighted by atomic mass is 9.96. The highest BCUT2D eigenvalue weighted by Gasteiger charge is 2.29. The number of aromatic nitrogens is 4. The highest BCUT2D eigenvalue weighted by atomic mass is 32.1. The number of thiazole rings is 1. The van der Waals surface area contributed by atoms with Crippen molar-refractivity contribution in [1.29, 1.82) is 0 Å². The molecule has 0 aliphatic carbocycles. The Morgan fingerprint density at radius 2 is 2.08 bits per heavy atom. The summed E-state index contributed by atoms with van der Waals surface area (Å²) in [5.74, 6) is 1.14. The number of nitrogens with zero attached hydrogens (tertiary/aromatic N) is 5. The van der Waals surface area contributed by atoms with Crippen molar-refractivity contribution in [2.45, 2.75) is 32.6 Å². The summed E-state index contributed by atoms with van der Waals surface area (Å²) in [5, 5.41) is 3.82. The van der Waals surface area contributed by atoms with Crippen molar-refractivity contribution in [2.24, 2.45) is 0 Å². The van der Waals surface area contributed by atoms with Crippen LogP contribution in [0.5, 0.6) is 0 Å². The summed E-state index contributed by atoms with van der Waals surface area (Å²) < 4.78 is 6.67. The largest absolute Gasteiger partial charge is 0.339 e. The van der Waals surface area contributed by atoms with E-state index in [2.05, 4.69) is 15.1 Å². The van der Waals surface area contributed by atoms with Crippen LogP contribution in [0.15, 0.2) is 21.7 Å². The molecule has 4 heterocycles. The van der Waals surface area contributed by atoms with Crippen LogP contribution in [0.1, 0.15) is 45.7 Å². The van der Waals surface area contributed by atoms with Crippen LogP contribution >= 0.6 is 11.3 Å². The Kier molecular flexibility index (Phi) is 3.87. The summed E-state index contributed by atoms with van der Waals surface area (Å²) in [6, 6.07) is 0. The van der Waals surface area contributed by atoms with Crippen molar-refractivity contribution in [3.8, 4) is 0 Å². The SMILES string of the molecule is Cc1noc(C2CCN(C(=O)c3cnc4sc(C)cn4c3=O)CC2)n1. The molecule has 3 aromatic heterocycles. The average molecular weight is 359 g/mol. The molecule has 25 heavy (non-hydrogen) atoms. The molecule has 1 fully saturated rings. The number of carbonyl (C=O) groups is 1. The van der Waals surface area contributed by atoms with Gasteiger partial charge in [0.25, 0.3) is 11.5 Å². The van der Waals surface area contributed by atoms with Gasteiger partial charge in [-0.1, -0.05) is 5.16 Å². The van der Waals surface area contributed by atoms with Crippen molar-refractivity contribution >= 4 is 22.2 Å². The molecule has 0 atom stereocenters. The van der Waals surface area contributed by atoms with Crippen LogP contribution in [0.4, 0.5) is 0 Å². The van der Waals surface area contributed by atoms with E-state index in [0.29, 0.717) is 29.8 Å². The first-order valence-electron chi connectivity index (χ1n) is 8.10. The standard InChI is InChI=1S/C16H17N5O3S/c1-9-8-21-15(23)12(7-17-16(21)25-9)14(22)20-5-3-11(4-6-20)13-18-10(2)19-24-13/h7-8,11H,3-6H2,1-2H3. The molecule has 1 aliphatic rings. The van der Waals surface area contributed by atoms with Gasteiger partial charge in [-0.3, -0.25) is 14.0 Å². The zero-order valence-electron chi connectivity index (χ0n) is 13.9. The summed E-state index contributed by atoms with van der Waals surface area (Å²) in [6.07, 6.45) is 4.59. The number of piperidine rings is 1. The van der Waals surface area contributed by atoms with Crippen LogP contribution in [0, 0.1) is 13.8 Å². The molecule has 0 aromatic carbocycles. The van der Waals surface area contributed by atoms with E-state index in [4.69, 9.17) is 4.52 Å². The topological polar surface area (TPSA) is 93.6 Å². The molecule has 0 spiro atoms. The lowest BCUT2D eigenvalue weighted by Crippen LogP contribution is -2.40. The summed E-state index contributed by atoms with van der Waals surface area (Å²) >= 11 is 1.43. The fourth-order valence-electron chi connectivity index (χ4n) is 3.12. The second kappa shape index (κ2) is 6.07. The molecule has 1 amide bonds. The Balaban J connectivity index is 1.52. The summed E-state index contributed by atoms with van der Waals surface area (Å²) in [4.78, 5) is 37.1. The third kappa shape index (κ3) is 2.84. The van der Waals surface area contributed by atoms with Crippen LogP contribution in [0.2, 0.25) is 0 Å². The molecular formula is C16H17N5O3S. The Morgan fingerprint density at radius 3 is 2.76 bits per heavy atom. The van der Waals surface area contributed by atoms with Gasteiger partial charge in [0.1, 0.15) is 5.56 Å². The van der Waals surface area contributed by atoms with Gasteiger partial charge < -0.3 is 9.42 Å². The zero-order chi connectivity index (χ0) is 17.6. The third-order valence-corrected chi connectivity index (χ3v) is 5.34. The molecule has 0 N–H and O–H groups in total. The minimum absolute atomic E-state index is 0.113. The van der Waals surface area contributed by atoms with Gasteiger partial charge in [-0.2, -0.15) is 4.98 Å². The summed E-state index contributed by atoms with van der Waals surface area (Å²) in [5.41, 5.74) is -0.198. The summed E-state index contributed by atoms with van der Waals surface area (Å²) in [7, 11) is 0. The number of hydrogen-bond acceptors (Lipinski definition) is 7. The minimum Gasteiger partial charge on any atom is -0.339 e. The molecule has 4 rings (SSSR count). The first kappa shape index (κ1) is 15.9. The van der Waals surface area contributed by atoms with E-state index in [9.17, 15) is 9.59 Å². The average Bonchev–Trinajstić information content (AvgIpc) is 3.20. The van der Waals surface area contributed by atoms with Gasteiger partial charge in [-0.05, 0) is 26.7 Å². The van der Waals surface area contributed by atoms with E-state index >= 15 is 0 Å². The van der Waals surface area contributed by atoms with Gasteiger partial charge in [0.15, 0.2) is 10.8 Å². The van der Waals surface area contributed by atoms with Gasteiger partial charge in [0.05, 0.1) is 0 Å². The quantitative estimate of drug-likeness (QED) is 0.692. The van der Waals surface area contributed by atoms with Crippen molar-refractivity contribution < 1.29 is 9.32 Å². The maximum absolute atomic E-state index is 12.7. The van der Waals surface area contributed by atoms with Crippen LogP contribution in [0.25, 0.3) is 4.96 Å². The van der Waals surface area contributed by atoms with Crippen LogP contribution in [0.3, 0.4) is 0 Å². The van der Waals surface area contributed by atoms with Crippen molar-refractivity contribution in [2.75, 3.05) is 13.1 Å². The second-order valence-electron chi connectivity index (χ2n) is 6.22. The number of carbonyl (C=O) groups excluding carboxylic acids is 1. The van der Waals surface area contributed by atoms with E-state index in [1.165, 1.54) is 21.9 Å². The molecule has 1 saturated heterocycles. The highest BCUT2D eigenvalue weighted by Crippen LogP contribution is 2.27. The van der Waals surface area contributed by atoms with Gasteiger partial charge in [-0.25, -0.2) is 4.98 Å². The van der Waals surface area contributed by atoms with E-state index < -0.39 is 0 Å². The van der Waals surface area contributed by atoms with E-state index in [1.54, 1.807) is 18.0 Å². The van der Waals surface area contributed by atoms with Gasteiger partial charge in [-0.15, -0.1) is 11.3 Å². The number of aryl methyl sites for hydroxylation is 2. The molecule has 1 aliphatic heterocycles. The highest BCUT2D eigenvalue weighted by molar-refractivity contribution is 7.16. The molecule has 0 radical (unpaired) electrons. The Morgan fingerprint density at radius 1 is 1.32 bits per heavy atom. The van der Waals surface area contributed by atoms with Crippen LogP contribution in [-0.4, -0.2) is 43.4 Å². The fraction of sp³-hybridized carbons (Fsp3) is 0.438. The number of hydrogen-bond donors (Lipinski definition) is 0. The molecule has 8 nitrogen and oxygen atoms in total. The number of fused-ring (bicyclic) bond motifs is 1. The molecule has 0 unspecified atom stereocenters. The van der Waals surface area contributed by atoms with Gasteiger partial charge in [0.2, 0.25) is 5.89 Å². The predicted molar refractivity (Wildman–Crippen MR) is 91.0 cm³/mol. The molecule has 9 heteroatoms. The summed E-state index contributed by atoms with van der Waals surface area (Å²) in [6.45, 7) is 4.80. The first-order valence-corrected chi connectivity index (χ1v) is 8.92. The first-order chi connectivity index (χ1) is 12.0. The lowest BCUT2D eigenvalue weighted by Gasteiger charge is -2.30. The second-order valence-corrected chi connectivity index (χ2v) is 7.43. The zero-order valence-corrected chi connectivity index (χ0v) is 14.7. The van der Waals surface area contributed by atoms with Crippen LogP contribution < -0.4 is 5.56 Å². The van der Waals surface area contributed by atoms with Crippen molar-refractivity contribution in [3.63, 3.8) is 0 Å². The third-order valence-electron chi connectivity index (χ3n) is 4.43. The van der Waals surface area contributed by atoms with E-state index in [1.807, 2.05) is 6.92 Å². The molecule has 0 saturated carbocycles. The Labute approximate surface area is 147 Å². The smallest absolute Gasteiger partial charge is 0.271 e. The lowest BCUT2D eigenvalue weighted by molar-refractivity contribution is 0.0702.